The number of carbonyl (C=O) groups is 1. The minimum Gasteiger partial charge on any atom is -0.748 e. The van der Waals surface area contributed by atoms with E-state index >= 15 is 0 Å². The maximum atomic E-state index is 11.8. The van der Waals surface area contributed by atoms with E-state index in [0.29, 0.717) is 19.5 Å². The number of anilines is 1. The van der Waals surface area contributed by atoms with Crippen LogP contribution in [0.5, 0.6) is 0 Å². The summed E-state index contributed by atoms with van der Waals surface area (Å²) >= 11 is 0. The van der Waals surface area contributed by atoms with Crippen molar-refractivity contribution in [3.63, 3.8) is 0 Å². The van der Waals surface area contributed by atoms with E-state index in [0.717, 1.165) is 46.9 Å². The van der Waals surface area contributed by atoms with E-state index in [1.54, 1.807) is 6.07 Å². The van der Waals surface area contributed by atoms with Gasteiger partial charge in [-0.3, -0.25) is 4.79 Å². The Labute approximate surface area is 283 Å². The molecule has 48 heavy (non-hydrogen) atoms. The molecule has 0 aliphatic carbocycles. The molecule has 0 fully saturated rings. The quantitative estimate of drug-likeness (QED) is 0.114. The second kappa shape index (κ2) is 14.7. The Morgan fingerprint density at radius 3 is 2.31 bits per heavy atom. The number of fused-ring (bicyclic) bond motifs is 2. The van der Waals surface area contributed by atoms with Gasteiger partial charge in [0.15, 0.2) is 5.71 Å². The number of allylic oxidation sites excluding steroid dienone is 8. The van der Waals surface area contributed by atoms with Crippen molar-refractivity contribution in [2.45, 2.75) is 82.1 Å². The lowest BCUT2D eigenvalue weighted by Gasteiger charge is -2.27. The van der Waals surface area contributed by atoms with Crippen molar-refractivity contribution in [1.29, 1.82) is 0 Å². The highest BCUT2D eigenvalue weighted by atomic mass is 32.2. The van der Waals surface area contributed by atoms with Crippen molar-refractivity contribution in [2.75, 3.05) is 17.2 Å². The zero-order chi connectivity index (χ0) is 35.3. The SMILES string of the molecule is CC1(C)C(/C=C/C=C/C=C/C=C2\N(CCCCCC(=O)O)c3ccc(S(=O)(=O)[O-])cc3C2(C)C)=Nc2c1ccc[n+]2CCCS(=O)(=O)[O-]. The van der Waals surface area contributed by atoms with Crippen molar-refractivity contribution in [1.82, 2.24) is 0 Å². The molecule has 0 radical (unpaired) electrons. The van der Waals surface area contributed by atoms with Crippen LogP contribution in [0.3, 0.4) is 0 Å². The van der Waals surface area contributed by atoms with Crippen LogP contribution in [-0.4, -0.2) is 55.0 Å². The summed E-state index contributed by atoms with van der Waals surface area (Å²) in [6.07, 6.45) is 17.5. The number of unbranched alkanes of at least 4 members (excludes halogenated alkanes) is 2. The van der Waals surface area contributed by atoms with E-state index in [9.17, 15) is 30.7 Å². The molecule has 0 saturated heterocycles. The van der Waals surface area contributed by atoms with Crippen LogP contribution in [-0.2, 0) is 42.4 Å². The fraction of sp³-hybridized carbons (Fsp3) is 0.400. The zero-order valence-corrected chi connectivity index (χ0v) is 29.3. The molecule has 3 heterocycles. The monoisotopic (exact) mass is 696 g/mol. The maximum absolute atomic E-state index is 11.8. The first-order valence-corrected chi connectivity index (χ1v) is 18.8. The number of nitrogens with zero attached hydrogens (tertiary/aromatic N) is 3. The minimum absolute atomic E-state index is 0.106. The van der Waals surface area contributed by atoms with Gasteiger partial charge < -0.3 is 19.1 Å². The Kier molecular flexibility index (Phi) is 11.3. The molecule has 0 atom stereocenters. The van der Waals surface area contributed by atoms with Gasteiger partial charge in [-0.05, 0) is 86.1 Å². The van der Waals surface area contributed by atoms with Crippen LogP contribution >= 0.6 is 0 Å². The largest absolute Gasteiger partial charge is 0.748 e. The highest BCUT2D eigenvalue weighted by Crippen LogP contribution is 2.48. The average Bonchev–Trinajstić information content (AvgIpc) is 3.36. The molecular formula is C35H42N3O8S2-. The van der Waals surface area contributed by atoms with Crippen molar-refractivity contribution in [3.8, 4) is 0 Å². The molecular weight excluding hydrogens is 655 g/mol. The summed E-state index contributed by atoms with van der Waals surface area (Å²) < 4.78 is 70.3. The van der Waals surface area contributed by atoms with Crippen LogP contribution in [0.2, 0.25) is 0 Å². The molecule has 11 nitrogen and oxygen atoms in total. The topological polar surface area (TPSA) is 171 Å². The molecule has 0 bridgehead atoms. The Morgan fingerprint density at radius 2 is 1.62 bits per heavy atom. The van der Waals surface area contributed by atoms with Gasteiger partial charge in [-0.15, -0.1) is 0 Å². The first-order chi connectivity index (χ1) is 22.4. The van der Waals surface area contributed by atoms with Crippen LogP contribution in [0.15, 0.2) is 94.6 Å². The van der Waals surface area contributed by atoms with Crippen LogP contribution in [0, 0.1) is 0 Å². The Bertz CT molecular complexity index is 1920. The second-order valence-electron chi connectivity index (χ2n) is 13.0. The fourth-order valence-corrected chi connectivity index (χ4v) is 7.12. The van der Waals surface area contributed by atoms with Crippen LogP contribution in [0.1, 0.15) is 70.9 Å². The van der Waals surface area contributed by atoms with Gasteiger partial charge in [-0.1, -0.05) is 50.6 Å². The number of aliphatic carboxylic acids is 1. The van der Waals surface area contributed by atoms with Gasteiger partial charge in [0.05, 0.1) is 38.7 Å². The first kappa shape index (κ1) is 36.9. The summed E-state index contributed by atoms with van der Waals surface area (Å²) in [6.45, 7) is 9.07. The van der Waals surface area contributed by atoms with Gasteiger partial charge >= 0.3 is 11.8 Å². The molecule has 13 heteroatoms. The summed E-state index contributed by atoms with van der Waals surface area (Å²) in [5, 5.41) is 8.96. The first-order valence-electron chi connectivity index (χ1n) is 15.8. The summed E-state index contributed by atoms with van der Waals surface area (Å²) in [5.41, 5.74) is 3.37. The predicted molar refractivity (Wildman–Crippen MR) is 182 cm³/mol. The summed E-state index contributed by atoms with van der Waals surface area (Å²) in [7, 11) is -8.91. The van der Waals surface area contributed by atoms with E-state index < -0.39 is 37.4 Å². The maximum Gasteiger partial charge on any atom is 0.327 e. The number of pyridine rings is 1. The summed E-state index contributed by atoms with van der Waals surface area (Å²) in [5.74, 6) is -0.514. The smallest absolute Gasteiger partial charge is 0.327 e. The van der Waals surface area contributed by atoms with Crippen molar-refractivity contribution in [3.05, 3.63) is 95.9 Å². The lowest BCUT2D eigenvalue weighted by Crippen LogP contribution is -2.35. The molecule has 0 spiro atoms. The van der Waals surface area contributed by atoms with E-state index in [1.807, 2.05) is 79.3 Å². The molecule has 0 unspecified atom stereocenters. The van der Waals surface area contributed by atoms with Crippen molar-refractivity contribution in [2.24, 2.45) is 4.99 Å². The third-order valence-electron chi connectivity index (χ3n) is 8.75. The number of benzene rings is 1. The van der Waals surface area contributed by atoms with Crippen LogP contribution < -0.4 is 9.47 Å². The second-order valence-corrected chi connectivity index (χ2v) is 15.9. The molecule has 1 N–H and O–H groups in total. The fourth-order valence-electron chi connectivity index (χ4n) is 6.14. The van der Waals surface area contributed by atoms with E-state index in [4.69, 9.17) is 10.1 Å². The number of hydrogen-bond donors (Lipinski definition) is 1. The zero-order valence-electron chi connectivity index (χ0n) is 27.6. The van der Waals surface area contributed by atoms with E-state index in [1.165, 1.54) is 12.1 Å². The highest BCUT2D eigenvalue weighted by Gasteiger charge is 2.42. The lowest BCUT2D eigenvalue weighted by molar-refractivity contribution is -0.684. The lowest BCUT2D eigenvalue weighted by atomic mass is 9.82. The molecule has 2 aliphatic rings. The molecule has 2 aromatic rings. The number of carboxylic acid groups (broad SMARTS) is 1. The molecule has 1 aromatic carbocycles. The summed E-state index contributed by atoms with van der Waals surface area (Å²) in [4.78, 5) is 17.6. The Balaban J connectivity index is 1.49. The number of aromatic nitrogens is 1. The number of aryl methyl sites for hydroxylation is 1. The number of carboxylic acids is 1. The van der Waals surface area contributed by atoms with Gasteiger partial charge in [-0.2, -0.15) is 0 Å². The molecule has 0 saturated carbocycles. The van der Waals surface area contributed by atoms with E-state index in [-0.39, 0.29) is 23.2 Å². The van der Waals surface area contributed by atoms with Gasteiger partial charge in [0.1, 0.15) is 10.1 Å². The normalized spacial score (nSPS) is 17.9. The van der Waals surface area contributed by atoms with Gasteiger partial charge in [0, 0.05) is 35.5 Å². The predicted octanol–water partition coefficient (Wildman–Crippen LogP) is 5.17. The van der Waals surface area contributed by atoms with Gasteiger partial charge in [-0.25, -0.2) is 21.4 Å². The summed E-state index contributed by atoms with van der Waals surface area (Å²) in [6, 6.07) is 8.34. The molecule has 258 valence electrons. The molecule has 2 aliphatic heterocycles. The standard InChI is InChI=1S/C35H43N3O8S2/c1-34(2)27-15-13-21-37(22-14-24-47(41,42)43)33(27)36-30(34)16-9-6-5-7-10-17-31-35(3,4)28-25-26(48(44,45)46)19-20-29(28)38(31)23-12-8-11-18-32(39)40/h5-7,9-10,13,15-17,19-21,25H,8,11-12,14,18,22-24H2,1-4H3,(H2-,39,40,41,42,43,44,45,46)/p-1. The number of hydrogen-bond acceptors (Lipinski definition) is 9. The third kappa shape index (κ3) is 8.76. The number of rotatable bonds is 15. The molecule has 4 rings (SSSR count). The number of aliphatic imine (C=N–C) groups is 1. The minimum atomic E-state index is -4.63. The van der Waals surface area contributed by atoms with Crippen molar-refractivity contribution >= 4 is 43.4 Å². The third-order valence-corrected chi connectivity index (χ3v) is 10.4. The van der Waals surface area contributed by atoms with Gasteiger partial charge in [0.2, 0.25) is 0 Å². The van der Waals surface area contributed by atoms with Crippen LogP contribution in [0.25, 0.3) is 0 Å². The molecule has 1 aromatic heterocycles. The average molecular weight is 697 g/mol. The Hall–Kier alpha value is -3.91. The van der Waals surface area contributed by atoms with Crippen molar-refractivity contribution < 1.29 is 40.4 Å². The van der Waals surface area contributed by atoms with Gasteiger partial charge in [0.25, 0.3) is 0 Å². The van der Waals surface area contributed by atoms with Crippen LogP contribution in [0.4, 0.5) is 11.5 Å². The van der Waals surface area contributed by atoms with E-state index in [2.05, 4.69) is 18.7 Å². The Morgan fingerprint density at radius 1 is 0.917 bits per heavy atom. The molecule has 0 amide bonds. The highest BCUT2D eigenvalue weighted by molar-refractivity contribution is 7.86.